The topological polar surface area (TPSA) is 29.5 Å². The highest BCUT2D eigenvalue weighted by Gasteiger charge is 2.36. The Morgan fingerprint density at radius 3 is 2.90 bits per heavy atom. The van der Waals surface area contributed by atoms with E-state index in [1.54, 1.807) is 23.1 Å². The van der Waals surface area contributed by atoms with Crippen molar-refractivity contribution in [1.29, 1.82) is 0 Å². The molecule has 0 N–H and O–H groups in total. The highest BCUT2D eigenvalue weighted by atomic mass is 32.2. The molecule has 3 nitrogen and oxygen atoms in total. The zero-order valence-electron chi connectivity index (χ0n) is 12.6. The van der Waals surface area contributed by atoms with Gasteiger partial charge < -0.3 is 9.64 Å². The van der Waals surface area contributed by atoms with Crippen molar-refractivity contribution < 1.29 is 9.53 Å². The SMILES string of the molecule is CSCC(C)(C)C(=O)N1C[C@H](C)O[C@@H](c2ccsc2)C1. The molecule has 1 saturated heterocycles. The fourth-order valence-electron chi connectivity index (χ4n) is 2.61. The molecule has 2 rings (SSSR count). The summed E-state index contributed by atoms with van der Waals surface area (Å²) < 4.78 is 5.99. The molecule has 0 bridgehead atoms. The summed E-state index contributed by atoms with van der Waals surface area (Å²) >= 11 is 3.39. The highest BCUT2D eigenvalue weighted by Crippen LogP contribution is 2.30. The average molecular weight is 313 g/mol. The van der Waals surface area contributed by atoms with Gasteiger partial charge in [-0.1, -0.05) is 13.8 Å². The number of hydrogen-bond donors (Lipinski definition) is 0. The largest absolute Gasteiger partial charge is 0.367 e. The Bertz CT molecular complexity index is 445. The molecule has 0 unspecified atom stereocenters. The number of thiophene rings is 1. The second kappa shape index (κ2) is 6.50. The number of ether oxygens (including phenoxy) is 1. The van der Waals surface area contributed by atoms with Crippen LogP contribution in [0.3, 0.4) is 0 Å². The Morgan fingerprint density at radius 1 is 1.55 bits per heavy atom. The van der Waals surface area contributed by atoms with E-state index in [0.29, 0.717) is 13.1 Å². The minimum absolute atomic E-state index is 0.0130. The van der Waals surface area contributed by atoms with Crippen molar-refractivity contribution in [2.45, 2.75) is 33.0 Å². The maximum absolute atomic E-state index is 12.7. The van der Waals surface area contributed by atoms with E-state index in [1.165, 1.54) is 5.56 Å². The smallest absolute Gasteiger partial charge is 0.229 e. The second-order valence-corrected chi connectivity index (χ2v) is 7.67. The Hall–Kier alpha value is -0.520. The monoisotopic (exact) mass is 313 g/mol. The first-order valence-electron chi connectivity index (χ1n) is 6.90. The third kappa shape index (κ3) is 3.57. The normalized spacial score (nSPS) is 23.9. The summed E-state index contributed by atoms with van der Waals surface area (Å²) in [6, 6.07) is 2.09. The van der Waals surface area contributed by atoms with E-state index in [-0.39, 0.29) is 23.5 Å². The minimum atomic E-state index is -0.310. The van der Waals surface area contributed by atoms with Gasteiger partial charge in [-0.05, 0) is 35.6 Å². The van der Waals surface area contributed by atoms with E-state index in [4.69, 9.17) is 4.74 Å². The lowest BCUT2D eigenvalue weighted by molar-refractivity contribution is -0.152. The molecule has 112 valence electrons. The van der Waals surface area contributed by atoms with Crippen LogP contribution in [0.1, 0.15) is 32.4 Å². The Kier molecular flexibility index (Phi) is 5.15. The maximum Gasteiger partial charge on any atom is 0.229 e. The second-order valence-electron chi connectivity index (χ2n) is 6.02. The van der Waals surface area contributed by atoms with Gasteiger partial charge in [0.15, 0.2) is 0 Å². The van der Waals surface area contributed by atoms with Crippen LogP contribution in [-0.4, -0.2) is 42.0 Å². The summed E-state index contributed by atoms with van der Waals surface area (Å²) in [6.07, 6.45) is 2.15. The number of thioether (sulfide) groups is 1. The van der Waals surface area contributed by atoms with E-state index >= 15 is 0 Å². The molecule has 5 heteroatoms. The maximum atomic E-state index is 12.7. The molecule has 0 radical (unpaired) electrons. The van der Waals surface area contributed by atoms with Gasteiger partial charge in [-0.3, -0.25) is 4.79 Å². The van der Waals surface area contributed by atoms with Crippen LogP contribution in [0.4, 0.5) is 0 Å². The predicted octanol–water partition coefficient (Wildman–Crippen LogP) is 3.43. The molecule has 1 fully saturated rings. The molecule has 1 aliphatic rings. The van der Waals surface area contributed by atoms with Gasteiger partial charge in [-0.25, -0.2) is 0 Å². The van der Waals surface area contributed by atoms with Gasteiger partial charge in [-0.15, -0.1) is 0 Å². The number of hydrogen-bond acceptors (Lipinski definition) is 4. The number of nitrogens with zero attached hydrogens (tertiary/aromatic N) is 1. The van der Waals surface area contributed by atoms with Gasteiger partial charge in [-0.2, -0.15) is 23.1 Å². The van der Waals surface area contributed by atoms with Crippen molar-refractivity contribution in [3.05, 3.63) is 22.4 Å². The summed E-state index contributed by atoms with van der Waals surface area (Å²) in [5.74, 6) is 1.09. The summed E-state index contributed by atoms with van der Waals surface area (Å²) in [5, 5.41) is 4.17. The van der Waals surface area contributed by atoms with Crippen LogP contribution in [-0.2, 0) is 9.53 Å². The third-order valence-electron chi connectivity index (χ3n) is 3.55. The number of carbonyl (C=O) groups excluding carboxylic acids is 1. The van der Waals surface area contributed by atoms with Gasteiger partial charge >= 0.3 is 0 Å². The molecule has 0 aliphatic carbocycles. The first-order chi connectivity index (χ1) is 9.44. The van der Waals surface area contributed by atoms with Crippen molar-refractivity contribution in [1.82, 2.24) is 4.90 Å². The number of amides is 1. The molecular formula is C15H23NO2S2. The standard InChI is InChI=1S/C15H23NO2S2/c1-11-7-16(14(17)15(2,3)10-19-4)8-13(18-11)12-5-6-20-9-12/h5-6,9,11,13H,7-8,10H2,1-4H3/t11-,13+/m0/s1. The lowest BCUT2D eigenvalue weighted by atomic mass is 9.93. The molecule has 2 heterocycles. The molecule has 0 aromatic carbocycles. The van der Waals surface area contributed by atoms with Crippen LogP contribution in [0.2, 0.25) is 0 Å². The first-order valence-corrected chi connectivity index (χ1v) is 9.23. The number of morpholine rings is 1. The quantitative estimate of drug-likeness (QED) is 0.853. The minimum Gasteiger partial charge on any atom is -0.367 e. The fourth-order valence-corrected chi connectivity index (χ4v) is 4.16. The van der Waals surface area contributed by atoms with E-state index in [1.807, 2.05) is 31.9 Å². The van der Waals surface area contributed by atoms with Gasteiger partial charge in [0.2, 0.25) is 5.91 Å². The number of rotatable bonds is 4. The molecule has 20 heavy (non-hydrogen) atoms. The van der Waals surface area contributed by atoms with Crippen molar-refractivity contribution >= 4 is 29.0 Å². The Labute approximate surface area is 129 Å². The van der Waals surface area contributed by atoms with Gasteiger partial charge in [0, 0.05) is 12.3 Å². The Balaban J connectivity index is 2.10. The summed E-state index contributed by atoms with van der Waals surface area (Å²) in [4.78, 5) is 14.7. The summed E-state index contributed by atoms with van der Waals surface area (Å²) in [6.45, 7) is 7.46. The van der Waals surface area contributed by atoms with Gasteiger partial charge in [0.05, 0.1) is 18.1 Å². The fraction of sp³-hybridized carbons (Fsp3) is 0.667. The van der Waals surface area contributed by atoms with E-state index in [0.717, 1.165) is 5.75 Å². The van der Waals surface area contributed by atoms with Crippen LogP contribution >= 0.6 is 23.1 Å². The highest BCUT2D eigenvalue weighted by molar-refractivity contribution is 7.98. The third-order valence-corrected chi connectivity index (χ3v) is 5.26. The van der Waals surface area contributed by atoms with E-state index in [2.05, 4.69) is 16.8 Å². The molecule has 1 aromatic rings. The van der Waals surface area contributed by atoms with Crippen LogP contribution in [0.25, 0.3) is 0 Å². The van der Waals surface area contributed by atoms with Crippen LogP contribution in [0, 0.1) is 5.41 Å². The Morgan fingerprint density at radius 2 is 2.30 bits per heavy atom. The lowest BCUT2D eigenvalue weighted by Crippen LogP contribution is -2.50. The lowest BCUT2D eigenvalue weighted by Gasteiger charge is -2.40. The molecule has 0 spiro atoms. The molecular weight excluding hydrogens is 290 g/mol. The van der Waals surface area contributed by atoms with Crippen molar-refractivity contribution in [2.24, 2.45) is 5.41 Å². The molecule has 1 aromatic heterocycles. The molecule has 0 saturated carbocycles. The van der Waals surface area contributed by atoms with E-state index in [9.17, 15) is 4.79 Å². The zero-order valence-corrected chi connectivity index (χ0v) is 14.2. The molecule has 1 aliphatic heterocycles. The van der Waals surface area contributed by atoms with Crippen LogP contribution < -0.4 is 0 Å². The van der Waals surface area contributed by atoms with Crippen molar-refractivity contribution in [3.63, 3.8) is 0 Å². The van der Waals surface area contributed by atoms with E-state index < -0.39 is 0 Å². The van der Waals surface area contributed by atoms with Gasteiger partial charge in [0.1, 0.15) is 6.10 Å². The number of carbonyl (C=O) groups is 1. The van der Waals surface area contributed by atoms with Crippen molar-refractivity contribution in [2.75, 3.05) is 25.1 Å². The van der Waals surface area contributed by atoms with Crippen LogP contribution in [0.5, 0.6) is 0 Å². The summed E-state index contributed by atoms with van der Waals surface area (Å²) in [5.41, 5.74) is 0.873. The zero-order chi connectivity index (χ0) is 14.8. The van der Waals surface area contributed by atoms with Crippen LogP contribution in [0.15, 0.2) is 16.8 Å². The first kappa shape index (κ1) is 15.9. The average Bonchev–Trinajstić information content (AvgIpc) is 2.91. The molecule has 1 amide bonds. The van der Waals surface area contributed by atoms with Crippen molar-refractivity contribution in [3.8, 4) is 0 Å². The van der Waals surface area contributed by atoms with Gasteiger partial charge in [0.25, 0.3) is 0 Å². The predicted molar refractivity (Wildman–Crippen MR) is 86.4 cm³/mol. The molecule has 2 atom stereocenters. The summed E-state index contributed by atoms with van der Waals surface area (Å²) in [7, 11) is 0.